The lowest BCUT2D eigenvalue weighted by molar-refractivity contribution is -0.130. The number of nitrogen functional groups attached to an aromatic ring is 1. The Labute approximate surface area is 140 Å². The molecule has 2 aromatic rings. The van der Waals surface area contributed by atoms with E-state index in [1.54, 1.807) is 36.5 Å². The molecule has 6 nitrogen and oxygen atoms in total. The molecule has 122 valence electrons. The number of amides is 1. The first-order valence-electron chi connectivity index (χ1n) is 7.23. The molecule has 23 heavy (non-hydrogen) atoms. The quantitative estimate of drug-likeness (QED) is 0.846. The van der Waals surface area contributed by atoms with Crippen molar-refractivity contribution in [3.8, 4) is 5.75 Å². The molecule has 0 fully saturated rings. The van der Waals surface area contributed by atoms with Crippen molar-refractivity contribution in [3.63, 3.8) is 0 Å². The van der Waals surface area contributed by atoms with E-state index in [9.17, 15) is 4.79 Å². The van der Waals surface area contributed by atoms with Gasteiger partial charge in [-0.3, -0.25) is 4.79 Å². The standard InChI is InChI=1S/C16H19ClN4O2/c1-10(2)15(23-12-5-3-4-11(17)8-12)16(22)20-9-14-19-7-6-13(18)21-14/h3-8,10,15H,9H2,1-2H3,(H,20,22)(H2,18,19,21)/t15-/m1/s1. The van der Waals surface area contributed by atoms with Crippen LogP contribution in [0.3, 0.4) is 0 Å². The number of hydrogen-bond acceptors (Lipinski definition) is 5. The average molecular weight is 335 g/mol. The molecule has 1 heterocycles. The number of nitrogens with one attached hydrogen (secondary N) is 1. The number of anilines is 1. The number of carbonyl (C=O) groups excluding carboxylic acids is 1. The highest BCUT2D eigenvalue weighted by atomic mass is 35.5. The van der Waals surface area contributed by atoms with Crippen LogP contribution in [-0.2, 0) is 11.3 Å². The zero-order valence-electron chi connectivity index (χ0n) is 13.0. The largest absolute Gasteiger partial charge is 0.480 e. The van der Waals surface area contributed by atoms with Crippen LogP contribution in [0.4, 0.5) is 5.82 Å². The molecule has 0 aliphatic carbocycles. The lowest BCUT2D eigenvalue weighted by Crippen LogP contribution is -2.41. The Morgan fingerprint density at radius 2 is 2.17 bits per heavy atom. The van der Waals surface area contributed by atoms with Crippen LogP contribution in [-0.4, -0.2) is 22.0 Å². The summed E-state index contributed by atoms with van der Waals surface area (Å²) in [6.07, 6.45) is 0.904. The predicted octanol–water partition coefficient (Wildman–Crippen LogP) is 2.43. The SMILES string of the molecule is CC(C)[C@@H](Oc1cccc(Cl)c1)C(=O)NCc1nccc(N)n1. The normalized spacial score (nSPS) is 12.0. The second-order valence-electron chi connectivity index (χ2n) is 5.36. The maximum Gasteiger partial charge on any atom is 0.261 e. The van der Waals surface area contributed by atoms with Gasteiger partial charge < -0.3 is 15.8 Å². The van der Waals surface area contributed by atoms with E-state index in [0.29, 0.717) is 22.4 Å². The number of nitrogens with two attached hydrogens (primary N) is 1. The van der Waals surface area contributed by atoms with Gasteiger partial charge in [-0.25, -0.2) is 9.97 Å². The number of rotatable bonds is 6. The zero-order valence-corrected chi connectivity index (χ0v) is 13.7. The molecule has 0 saturated heterocycles. The molecule has 1 atom stereocenters. The van der Waals surface area contributed by atoms with Gasteiger partial charge in [0, 0.05) is 11.2 Å². The fourth-order valence-electron chi connectivity index (χ4n) is 1.95. The van der Waals surface area contributed by atoms with Crippen molar-refractivity contribution < 1.29 is 9.53 Å². The summed E-state index contributed by atoms with van der Waals surface area (Å²) in [6.45, 7) is 4.00. The van der Waals surface area contributed by atoms with E-state index >= 15 is 0 Å². The van der Waals surface area contributed by atoms with Gasteiger partial charge in [0.05, 0.1) is 6.54 Å². The van der Waals surface area contributed by atoms with Crippen molar-refractivity contribution in [3.05, 3.63) is 47.4 Å². The molecule has 0 radical (unpaired) electrons. The summed E-state index contributed by atoms with van der Waals surface area (Å²) in [7, 11) is 0. The highest BCUT2D eigenvalue weighted by Crippen LogP contribution is 2.20. The van der Waals surface area contributed by atoms with Gasteiger partial charge in [-0.2, -0.15) is 0 Å². The van der Waals surface area contributed by atoms with Gasteiger partial charge in [-0.05, 0) is 30.2 Å². The van der Waals surface area contributed by atoms with E-state index < -0.39 is 6.10 Å². The summed E-state index contributed by atoms with van der Waals surface area (Å²) in [6, 6.07) is 8.54. The van der Waals surface area contributed by atoms with Crippen LogP contribution in [0.25, 0.3) is 0 Å². The molecule has 0 unspecified atom stereocenters. The summed E-state index contributed by atoms with van der Waals surface area (Å²) in [4.78, 5) is 20.5. The minimum atomic E-state index is -0.644. The number of halogens is 1. The Balaban J connectivity index is 2.01. The second kappa shape index (κ2) is 7.78. The number of aromatic nitrogens is 2. The third-order valence-corrected chi connectivity index (χ3v) is 3.31. The van der Waals surface area contributed by atoms with Crippen molar-refractivity contribution in [1.82, 2.24) is 15.3 Å². The molecule has 1 aromatic heterocycles. The Kier molecular flexibility index (Phi) is 5.76. The van der Waals surface area contributed by atoms with Gasteiger partial charge in [-0.1, -0.05) is 31.5 Å². The van der Waals surface area contributed by atoms with E-state index in [1.807, 2.05) is 13.8 Å². The molecule has 3 N–H and O–H groups in total. The van der Waals surface area contributed by atoms with Crippen LogP contribution in [0.15, 0.2) is 36.5 Å². The first kappa shape index (κ1) is 17.0. The number of carbonyl (C=O) groups is 1. The highest BCUT2D eigenvalue weighted by molar-refractivity contribution is 6.30. The predicted molar refractivity (Wildman–Crippen MR) is 89.0 cm³/mol. The third-order valence-electron chi connectivity index (χ3n) is 3.07. The van der Waals surface area contributed by atoms with Gasteiger partial charge in [0.1, 0.15) is 17.4 Å². The molecular formula is C16H19ClN4O2. The van der Waals surface area contributed by atoms with E-state index in [4.69, 9.17) is 22.1 Å². The molecule has 1 amide bonds. The number of hydrogen-bond donors (Lipinski definition) is 2. The van der Waals surface area contributed by atoms with E-state index in [0.717, 1.165) is 0 Å². The molecule has 0 aliphatic heterocycles. The number of ether oxygens (including phenoxy) is 1. The zero-order chi connectivity index (χ0) is 16.8. The minimum Gasteiger partial charge on any atom is -0.480 e. The van der Waals surface area contributed by atoms with Crippen molar-refractivity contribution in [1.29, 1.82) is 0 Å². The third kappa shape index (κ3) is 5.10. The van der Waals surface area contributed by atoms with Crippen molar-refractivity contribution in [2.75, 3.05) is 5.73 Å². The first-order valence-corrected chi connectivity index (χ1v) is 7.61. The monoisotopic (exact) mass is 334 g/mol. The molecule has 0 spiro atoms. The van der Waals surface area contributed by atoms with Crippen LogP contribution in [0.5, 0.6) is 5.75 Å². The summed E-state index contributed by atoms with van der Waals surface area (Å²) >= 11 is 5.93. The Bertz CT molecular complexity index is 679. The molecule has 2 rings (SSSR count). The van der Waals surface area contributed by atoms with Gasteiger partial charge in [0.2, 0.25) is 0 Å². The van der Waals surface area contributed by atoms with Gasteiger partial charge in [0.25, 0.3) is 5.91 Å². The maximum atomic E-state index is 12.4. The van der Waals surface area contributed by atoms with Crippen molar-refractivity contribution in [2.24, 2.45) is 5.92 Å². The average Bonchev–Trinajstić information content (AvgIpc) is 2.50. The van der Waals surface area contributed by atoms with Crippen LogP contribution < -0.4 is 15.8 Å². The molecule has 0 aliphatic rings. The molecular weight excluding hydrogens is 316 g/mol. The van der Waals surface area contributed by atoms with E-state index in [2.05, 4.69) is 15.3 Å². The molecule has 1 aromatic carbocycles. The molecule has 0 saturated carbocycles. The Morgan fingerprint density at radius 1 is 1.39 bits per heavy atom. The lowest BCUT2D eigenvalue weighted by Gasteiger charge is -2.21. The van der Waals surface area contributed by atoms with Crippen LogP contribution >= 0.6 is 11.6 Å². The number of benzene rings is 1. The van der Waals surface area contributed by atoms with Gasteiger partial charge >= 0.3 is 0 Å². The van der Waals surface area contributed by atoms with Gasteiger partial charge in [0.15, 0.2) is 6.10 Å². The maximum absolute atomic E-state index is 12.4. The van der Waals surface area contributed by atoms with Gasteiger partial charge in [-0.15, -0.1) is 0 Å². The Morgan fingerprint density at radius 3 is 2.83 bits per heavy atom. The summed E-state index contributed by atoms with van der Waals surface area (Å²) in [5.74, 6) is 1.09. The van der Waals surface area contributed by atoms with Crippen LogP contribution in [0.1, 0.15) is 19.7 Å². The second-order valence-corrected chi connectivity index (χ2v) is 5.79. The van der Waals surface area contributed by atoms with E-state index in [-0.39, 0.29) is 18.4 Å². The fourth-order valence-corrected chi connectivity index (χ4v) is 2.13. The fraction of sp³-hybridized carbons (Fsp3) is 0.312. The molecule has 0 bridgehead atoms. The summed E-state index contributed by atoms with van der Waals surface area (Å²) < 4.78 is 5.77. The number of nitrogens with zero attached hydrogens (tertiary/aromatic N) is 2. The van der Waals surface area contributed by atoms with Crippen LogP contribution in [0, 0.1) is 5.92 Å². The van der Waals surface area contributed by atoms with Crippen molar-refractivity contribution >= 4 is 23.3 Å². The smallest absolute Gasteiger partial charge is 0.261 e. The first-order chi connectivity index (χ1) is 11.0. The Hall–Kier alpha value is -2.34. The minimum absolute atomic E-state index is 0.0178. The van der Waals surface area contributed by atoms with Crippen molar-refractivity contribution in [2.45, 2.75) is 26.5 Å². The summed E-state index contributed by atoms with van der Waals surface area (Å²) in [5, 5.41) is 3.32. The topological polar surface area (TPSA) is 90.1 Å². The molecule has 7 heteroatoms. The lowest BCUT2D eigenvalue weighted by atomic mass is 10.1. The highest BCUT2D eigenvalue weighted by Gasteiger charge is 2.24. The van der Waals surface area contributed by atoms with Crippen LogP contribution in [0.2, 0.25) is 5.02 Å². The summed E-state index contributed by atoms with van der Waals surface area (Å²) in [5.41, 5.74) is 5.59. The van der Waals surface area contributed by atoms with E-state index in [1.165, 1.54) is 0 Å².